The Hall–Kier alpha value is -4.83. The minimum Gasteiger partial charge on any atom is -0.390 e. The average molecular weight is 806 g/mol. The van der Waals surface area contributed by atoms with E-state index in [1.165, 1.54) is 23.6 Å². The van der Waals surface area contributed by atoms with Crippen molar-refractivity contribution in [2.24, 2.45) is 23.3 Å². The molecule has 0 bridgehead atoms. The molecular formula is C42H59N7O7S. The first-order chi connectivity index (χ1) is 27.2. The number of hydrogen-bond donors (Lipinski definition) is 6. The SMILES string of the molecule is CC[C@H](C)[C@H](NC(=O)C[C@H](O)[C@H](CC(C)C)N(C(=O)[C@H](Cc1ccccc1)NC(=O)CCCCCN)C(=O)[C@@H](N)Cc1cccs1)C(=O)NC(=O)c1ccccn1. The van der Waals surface area contributed by atoms with Gasteiger partial charge >= 0.3 is 0 Å². The second kappa shape index (κ2) is 24.1. The highest BCUT2D eigenvalue weighted by molar-refractivity contribution is 7.09. The molecule has 0 saturated carbocycles. The van der Waals surface area contributed by atoms with Crippen molar-refractivity contribution >= 4 is 46.8 Å². The number of carbonyl (C=O) groups excluding carboxylic acids is 6. The van der Waals surface area contributed by atoms with Gasteiger partial charge in [0.05, 0.1) is 24.6 Å². The molecule has 310 valence electrons. The van der Waals surface area contributed by atoms with Crippen LogP contribution in [0.25, 0.3) is 0 Å². The van der Waals surface area contributed by atoms with Gasteiger partial charge in [-0.2, -0.15) is 0 Å². The van der Waals surface area contributed by atoms with E-state index in [0.717, 1.165) is 28.2 Å². The van der Waals surface area contributed by atoms with Gasteiger partial charge < -0.3 is 27.2 Å². The lowest BCUT2D eigenvalue weighted by atomic mass is 9.92. The Morgan fingerprint density at radius 3 is 2.19 bits per heavy atom. The summed E-state index contributed by atoms with van der Waals surface area (Å²) in [6.07, 6.45) is 2.12. The summed E-state index contributed by atoms with van der Waals surface area (Å²) in [6, 6.07) is 12.6. The molecule has 0 unspecified atom stereocenters. The largest absolute Gasteiger partial charge is 0.390 e. The van der Waals surface area contributed by atoms with E-state index in [1.54, 1.807) is 43.3 Å². The molecule has 14 nitrogen and oxygen atoms in total. The predicted octanol–water partition coefficient (Wildman–Crippen LogP) is 3.27. The second-order valence-electron chi connectivity index (χ2n) is 14.8. The molecule has 6 amide bonds. The van der Waals surface area contributed by atoms with E-state index in [4.69, 9.17) is 11.5 Å². The molecule has 0 radical (unpaired) electrons. The Balaban J connectivity index is 1.96. The number of aromatic nitrogens is 1. The summed E-state index contributed by atoms with van der Waals surface area (Å²) in [5, 5.41) is 21.5. The van der Waals surface area contributed by atoms with Gasteiger partial charge in [-0.25, -0.2) is 0 Å². The molecule has 15 heteroatoms. The van der Waals surface area contributed by atoms with Crippen LogP contribution in [0.4, 0.5) is 0 Å². The van der Waals surface area contributed by atoms with Crippen LogP contribution in [0, 0.1) is 11.8 Å². The zero-order valence-electron chi connectivity index (χ0n) is 33.4. The summed E-state index contributed by atoms with van der Waals surface area (Å²) in [5.41, 5.74) is 12.9. The number of amides is 6. The molecule has 0 fully saturated rings. The molecule has 6 atom stereocenters. The number of imide groups is 2. The van der Waals surface area contributed by atoms with E-state index in [2.05, 4.69) is 20.9 Å². The zero-order valence-corrected chi connectivity index (χ0v) is 34.2. The highest BCUT2D eigenvalue weighted by atomic mass is 32.1. The van der Waals surface area contributed by atoms with Crippen LogP contribution in [-0.4, -0.2) is 87.2 Å². The van der Waals surface area contributed by atoms with Crippen molar-refractivity contribution in [2.45, 2.75) is 116 Å². The van der Waals surface area contributed by atoms with Gasteiger partial charge in [0.25, 0.3) is 11.8 Å². The van der Waals surface area contributed by atoms with Crippen molar-refractivity contribution in [3.63, 3.8) is 0 Å². The third-order valence-electron chi connectivity index (χ3n) is 9.65. The van der Waals surface area contributed by atoms with Crippen LogP contribution in [0.2, 0.25) is 0 Å². The van der Waals surface area contributed by atoms with E-state index in [1.807, 2.05) is 44.4 Å². The molecule has 0 saturated heterocycles. The molecule has 8 N–H and O–H groups in total. The number of nitrogens with two attached hydrogens (primary N) is 2. The Morgan fingerprint density at radius 2 is 1.58 bits per heavy atom. The Kier molecular flexibility index (Phi) is 19.6. The highest BCUT2D eigenvalue weighted by Crippen LogP contribution is 2.23. The fourth-order valence-electron chi connectivity index (χ4n) is 6.37. The summed E-state index contributed by atoms with van der Waals surface area (Å²) in [6.45, 7) is 7.76. The third kappa shape index (κ3) is 15.2. The number of aliphatic hydroxyl groups excluding tert-OH is 1. The Morgan fingerprint density at radius 1 is 0.860 bits per heavy atom. The van der Waals surface area contributed by atoms with Gasteiger partial charge in [-0.1, -0.05) is 83.0 Å². The molecule has 3 aromatic rings. The Labute approximate surface area is 339 Å². The van der Waals surface area contributed by atoms with E-state index >= 15 is 0 Å². The third-order valence-corrected chi connectivity index (χ3v) is 10.5. The standard InChI is InChI=1S/C42H59N7O7S/c1-5-28(4)38(40(54)48-39(53)32-18-11-13-21-45-32)47-37(52)26-35(50)34(23-27(2)3)49(41(55)31(44)25-30-17-14-22-57-30)42(56)33(24-29-15-8-6-9-16-29)46-36(51)19-10-7-12-20-43/h6,8-9,11,13-18,21-22,27-28,31,33-35,38,50H,5,7,10,12,19-20,23-26,43-44H2,1-4H3,(H,46,51)(H,47,52)(H,48,53,54)/t28-,31-,33-,34-,35-,38-/m0/s1. The second-order valence-corrected chi connectivity index (χ2v) is 15.8. The number of aliphatic hydroxyl groups is 1. The number of carbonyl (C=O) groups is 6. The number of benzene rings is 1. The minimum absolute atomic E-state index is 0.0205. The molecule has 0 aliphatic heterocycles. The van der Waals surface area contributed by atoms with Crippen molar-refractivity contribution in [3.05, 3.63) is 88.4 Å². The fourth-order valence-corrected chi connectivity index (χ4v) is 7.13. The molecule has 0 spiro atoms. The van der Waals surface area contributed by atoms with Crippen molar-refractivity contribution in [3.8, 4) is 0 Å². The molecule has 2 aromatic heterocycles. The predicted molar refractivity (Wildman–Crippen MR) is 219 cm³/mol. The van der Waals surface area contributed by atoms with Crippen LogP contribution in [0.3, 0.4) is 0 Å². The summed E-state index contributed by atoms with van der Waals surface area (Å²) in [4.78, 5) is 88.1. The number of rotatable bonds is 23. The first kappa shape index (κ1) is 46.6. The lowest BCUT2D eigenvalue weighted by Gasteiger charge is -2.38. The number of pyridine rings is 1. The van der Waals surface area contributed by atoms with E-state index in [9.17, 15) is 33.9 Å². The normalized spacial score (nSPS) is 14.4. The molecule has 3 rings (SSSR count). The van der Waals surface area contributed by atoms with Gasteiger partial charge in [0.1, 0.15) is 17.8 Å². The lowest BCUT2D eigenvalue weighted by Crippen LogP contribution is -2.61. The first-order valence-electron chi connectivity index (χ1n) is 19.7. The van der Waals surface area contributed by atoms with Gasteiger partial charge in [-0.15, -0.1) is 11.3 Å². The lowest BCUT2D eigenvalue weighted by molar-refractivity contribution is -0.155. The number of unbranched alkanes of at least 4 members (excludes halogenated alkanes) is 2. The van der Waals surface area contributed by atoms with Crippen LogP contribution in [0.15, 0.2) is 72.2 Å². The molecule has 0 aliphatic carbocycles. The molecule has 2 heterocycles. The zero-order chi connectivity index (χ0) is 41.9. The van der Waals surface area contributed by atoms with Crippen LogP contribution in [-0.2, 0) is 36.8 Å². The number of hydrogen-bond acceptors (Lipinski definition) is 11. The van der Waals surface area contributed by atoms with Crippen molar-refractivity contribution in [2.75, 3.05) is 6.54 Å². The van der Waals surface area contributed by atoms with Crippen molar-refractivity contribution in [1.82, 2.24) is 25.8 Å². The maximum atomic E-state index is 14.9. The molecule has 0 aliphatic rings. The van der Waals surface area contributed by atoms with Crippen molar-refractivity contribution in [1.29, 1.82) is 0 Å². The topological polar surface area (TPSA) is 227 Å². The molecular weight excluding hydrogens is 747 g/mol. The summed E-state index contributed by atoms with van der Waals surface area (Å²) in [5.74, 6) is -4.74. The Bertz CT molecular complexity index is 1730. The quantitative estimate of drug-likeness (QED) is 0.0767. The van der Waals surface area contributed by atoms with Crippen LogP contribution in [0.1, 0.15) is 93.6 Å². The van der Waals surface area contributed by atoms with Gasteiger partial charge in [-0.05, 0) is 66.8 Å². The maximum Gasteiger partial charge on any atom is 0.276 e. The van der Waals surface area contributed by atoms with E-state index in [-0.39, 0.29) is 43.2 Å². The maximum absolute atomic E-state index is 14.9. The van der Waals surface area contributed by atoms with E-state index < -0.39 is 72.1 Å². The first-order valence-corrected chi connectivity index (χ1v) is 20.5. The molecule has 57 heavy (non-hydrogen) atoms. The fraction of sp³-hybridized carbons (Fsp3) is 0.500. The van der Waals surface area contributed by atoms with Gasteiger partial charge in [0, 0.05) is 30.3 Å². The molecule has 1 aromatic carbocycles. The van der Waals surface area contributed by atoms with Crippen molar-refractivity contribution < 1.29 is 33.9 Å². The van der Waals surface area contributed by atoms with E-state index in [0.29, 0.717) is 19.4 Å². The minimum atomic E-state index is -1.60. The average Bonchev–Trinajstić information content (AvgIpc) is 3.71. The van der Waals surface area contributed by atoms with Gasteiger partial charge in [-0.3, -0.25) is 44.0 Å². The number of nitrogens with zero attached hydrogens (tertiary/aromatic N) is 2. The van der Waals surface area contributed by atoms with Gasteiger partial charge in [0.2, 0.25) is 23.6 Å². The monoisotopic (exact) mass is 805 g/mol. The van der Waals surface area contributed by atoms with Crippen LogP contribution >= 0.6 is 11.3 Å². The summed E-state index contributed by atoms with van der Waals surface area (Å²) in [7, 11) is 0. The summed E-state index contributed by atoms with van der Waals surface area (Å²) < 4.78 is 0. The number of nitrogens with one attached hydrogen (secondary N) is 3. The smallest absolute Gasteiger partial charge is 0.276 e. The highest BCUT2D eigenvalue weighted by Gasteiger charge is 2.41. The summed E-state index contributed by atoms with van der Waals surface area (Å²) >= 11 is 1.40. The number of thiophene rings is 1. The van der Waals surface area contributed by atoms with Crippen LogP contribution in [0.5, 0.6) is 0 Å². The van der Waals surface area contributed by atoms with Crippen LogP contribution < -0.4 is 27.4 Å². The van der Waals surface area contributed by atoms with Gasteiger partial charge in [0.15, 0.2) is 0 Å².